The predicted octanol–water partition coefficient (Wildman–Crippen LogP) is 3.06. The van der Waals surface area contributed by atoms with Crippen LogP contribution in [0, 0.1) is 0 Å². The highest BCUT2D eigenvalue weighted by atomic mass is 32.1. The molecule has 0 atom stereocenters. The number of aromatic nitrogens is 1. The Kier molecular flexibility index (Phi) is 6.02. The highest BCUT2D eigenvalue weighted by Crippen LogP contribution is 2.21. The van der Waals surface area contributed by atoms with Crippen molar-refractivity contribution in [3.8, 4) is 11.5 Å². The van der Waals surface area contributed by atoms with E-state index in [1.807, 2.05) is 31.3 Å². The Labute approximate surface area is 130 Å². The van der Waals surface area contributed by atoms with Crippen LogP contribution in [-0.4, -0.2) is 25.7 Å². The molecule has 114 valence electrons. The van der Waals surface area contributed by atoms with Gasteiger partial charge in [-0.3, -0.25) is 0 Å². The van der Waals surface area contributed by atoms with Crippen LogP contribution in [0.25, 0.3) is 0 Å². The Morgan fingerprint density at radius 2 is 2.10 bits per heavy atom. The third-order valence-corrected chi connectivity index (χ3v) is 4.28. The summed E-state index contributed by atoms with van der Waals surface area (Å²) in [6.45, 7) is 3.66. The first-order valence-corrected chi connectivity index (χ1v) is 7.97. The lowest BCUT2D eigenvalue weighted by Crippen LogP contribution is -2.05. The van der Waals surface area contributed by atoms with Crippen LogP contribution in [0.4, 0.5) is 0 Å². The highest BCUT2D eigenvalue weighted by molar-refractivity contribution is 7.11. The van der Waals surface area contributed by atoms with Crippen LogP contribution in [0.5, 0.6) is 11.5 Å². The van der Waals surface area contributed by atoms with Crippen LogP contribution in [-0.2, 0) is 19.4 Å². The first-order chi connectivity index (χ1) is 10.3. The third-order valence-electron chi connectivity index (χ3n) is 3.12. The first kappa shape index (κ1) is 15.8. The molecule has 0 unspecified atom stereocenters. The van der Waals surface area contributed by atoms with E-state index < -0.39 is 0 Å². The molecule has 1 N–H and O–H groups in total. The van der Waals surface area contributed by atoms with Gasteiger partial charge in [0.25, 0.3) is 0 Å². The largest absolute Gasteiger partial charge is 0.497 e. The monoisotopic (exact) mass is 306 g/mol. The molecular weight excluding hydrogens is 284 g/mol. The summed E-state index contributed by atoms with van der Waals surface area (Å²) < 4.78 is 10.9. The van der Waals surface area contributed by atoms with Gasteiger partial charge in [0.05, 0.1) is 24.4 Å². The minimum atomic E-state index is 0.628. The van der Waals surface area contributed by atoms with Gasteiger partial charge in [0, 0.05) is 23.9 Å². The molecule has 0 aliphatic heterocycles. The van der Waals surface area contributed by atoms with Gasteiger partial charge in [-0.25, -0.2) is 4.98 Å². The van der Waals surface area contributed by atoms with Crippen molar-refractivity contribution in [2.75, 3.05) is 20.8 Å². The lowest BCUT2D eigenvalue weighted by molar-refractivity contribution is 0.318. The zero-order chi connectivity index (χ0) is 15.1. The molecule has 4 nitrogen and oxygen atoms in total. The van der Waals surface area contributed by atoms with E-state index in [1.165, 1.54) is 10.6 Å². The summed E-state index contributed by atoms with van der Waals surface area (Å²) in [6.07, 6.45) is 1.81. The van der Waals surface area contributed by atoms with Crippen molar-refractivity contribution in [2.24, 2.45) is 0 Å². The lowest BCUT2D eigenvalue weighted by Gasteiger charge is -2.06. The van der Waals surface area contributed by atoms with Gasteiger partial charge < -0.3 is 14.8 Å². The summed E-state index contributed by atoms with van der Waals surface area (Å²) in [5.41, 5.74) is 1.20. The number of hydrogen-bond acceptors (Lipinski definition) is 5. The molecular formula is C16H22N2O2S. The Hall–Kier alpha value is -1.59. The summed E-state index contributed by atoms with van der Waals surface area (Å²) in [6, 6.07) is 7.67. The fourth-order valence-corrected chi connectivity index (χ4v) is 3.22. The van der Waals surface area contributed by atoms with E-state index in [9.17, 15) is 0 Å². The average Bonchev–Trinajstić information content (AvgIpc) is 2.90. The van der Waals surface area contributed by atoms with Gasteiger partial charge in [0.2, 0.25) is 0 Å². The van der Waals surface area contributed by atoms with Crippen molar-refractivity contribution in [3.63, 3.8) is 0 Å². The minimum absolute atomic E-state index is 0.628. The maximum Gasteiger partial charge on any atom is 0.123 e. The number of ether oxygens (including phenoxy) is 2. The maximum atomic E-state index is 5.77. The SMILES string of the molecule is CCc1nc(CCOc2cccc(OC)c2)sc1CNC. The molecule has 1 aromatic carbocycles. The van der Waals surface area contributed by atoms with Crippen molar-refractivity contribution >= 4 is 11.3 Å². The summed E-state index contributed by atoms with van der Waals surface area (Å²) in [7, 11) is 3.62. The van der Waals surface area contributed by atoms with Crippen molar-refractivity contribution in [1.82, 2.24) is 10.3 Å². The maximum absolute atomic E-state index is 5.77. The first-order valence-electron chi connectivity index (χ1n) is 7.15. The normalized spacial score (nSPS) is 10.6. The van der Waals surface area contributed by atoms with E-state index in [4.69, 9.17) is 9.47 Å². The predicted molar refractivity (Wildman–Crippen MR) is 86.4 cm³/mol. The van der Waals surface area contributed by atoms with Crippen LogP contribution < -0.4 is 14.8 Å². The van der Waals surface area contributed by atoms with Gasteiger partial charge in [-0.05, 0) is 25.6 Å². The number of rotatable bonds is 8. The van der Waals surface area contributed by atoms with Crippen LogP contribution in [0.1, 0.15) is 22.5 Å². The number of methoxy groups -OCH3 is 1. The summed E-state index contributed by atoms with van der Waals surface area (Å²) in [5, 5.41) is 4.33. The van der Waals surface area contributed by atoms with Crippen LogP contribution in [0.2, 0.25) is 0 Å². The van der Waals surface area contributed by atoms with Crippen LogP contribution in [0.3, 0.4) is 0 Å². The Morgan fingerprint density at radius 3 is 2.81 bits per heavy atom. The second-order valence-corrected chi connectivity index (χ2v) is 5.81. The van der Waals surface area contributed by atoms with Crippen molar-refractivity contribution in [3.05, 3.63) is 39.8 Å². The second kappa shape index (κ2) is 8.00. The standard InChI is InChI=1S/C16H22N2O2S/c1-4-14-15(11-17-2)21-16(18-14)8-9-20-13-7-5-6-12(10-13)19-3/h5-7,10,17H,4,8-9,11H2,1-3H3. The summed E-state index contributed by atoms with van der Waals surface area (Å²) >= 11 is 1.77. The Balaban J connectivity index is 1.90. The Bertz CT molecular complexity index is 569. The fraction of sp³-hybridized carbons (Fsp3) is 0.438. The van der Waals surface area contributed by atoms with E-state index in [2.05, 4.69) is 17.2 Å². The zero-order valence-electron chi connectivity index (χ0n) is 12.8. The van der Waals surface area contributed by atoms with Gasteiger partial charge in [-0.15, -0.1) is 11.3 Å². The van der Waals surface area contributed by atoms with E-state index in [-0.39, 0.29) is 0 Å². The fourth-order valence-electron chi connectivity index (χ4n) is 2.07. The molecule has 0 fully saturated rings. The Morgan fingerprint density at radius 1 is 1.29 bits per heavy atom. The number of hydrogen-bond donors (Lipinski definition) is 1. The van der Waals surface area contributed by atoms with Crippen molar-refractivity contribution < 1.29 is 9.47 Å². The van der Waals surface area contributed by atoms with Crippen LogP contribution in [0.15, 0.2) is 24.3 Å². The smallest absolute Gasteiger partial charge is 0.123 e. The van der Waals surface area contributed by atoms with E-state index >= 15 is 0 Å². The summed E-state index contributed by atoms with van der Waals surface area (Å²) in [5.74, 6) is 1.64. The molecule has 21 heavy (non-hydrogen) atoms. The number of nitrogens with zero attached hydrogens (tertiary/aromatic N) is 1. The van der Waals surface area contributed by atoms with Crippen molar-refractivity contribution in [1.29, 1.82) is 0 Å². The van der Waals surface area contributed by atoms with Crippen LogP contribution >= 0.6 is 11.3 Å². The topological polar surface area (TPSA) is 43.4 Å². The van der Waals surface area contributed by atoms with Gasteiger partial charge in [-0.1, -0.05) is 13.0 Å². The lowest BCUT2D eigenvalue weighted by atomic mass is 10.3. The molecule has 1 aromatic heterocycles. The minimum Gasteiger partial charge on any atom is -0.497 e. The molecule has 5 heteroatoms. The zero-order valence-corrected chi connectivity index (χ0v) is 13.6. The average molecular weight is 306 g/mol. The molecule has 0 amide bonds. The van der Waals surface area contributed by atoms with Crippen molar-refractivity contribution in [2.45, 2.75) is 26.3 Å². The second-order valence-electron chi connectivity index (χ2n) is 4.64. The van der Waals surface area contributed by atoms with Gasteiger partial charge in [0.1, 0.15) is 11.5 Å². The van der Waals surface area contributed by atoms with E-state index in [0.29, 0.717) is 6.61 Å². The number of aryl methyl sites for hydroxylation is 1. The van der Waals surface area contributed by atoms with E-state index in [1.54, 1.807) is 18.4 Å². The molecule has 0 spiro atoms. The number of nitrogens with one attached hydrogen (secondary N) is 1. The summed E-state index contributed by atoms with van der Waals surface area (Å²) in [4.78, 5) is 6.02. The molecule has 0 bridgehead atoms. The molecule has 2 rings (SSSR count). The molecule has 1 heterocycles. The highest BCUT2D eigenvalue weighted by Gasteiger charge is 2.09. The van der Waals surface area contributed by atoms with Gasteiger partial charge >= 0.3 is 0 Å². The quantitative estimate of drug-likeness (QED) is 0.814. The molecule has 0 aliphatic carbocycles. The number of benzene rings is 1. The van der Waals surface area contributed by atoms with Gasteiger partial charge in [-0.2, -0.15) is 0 Å². The molecule has 0 saturated heterocycles. The number of thiazole rings is 1. The molecule has 0 saturated carbocycles. The molecule has 0 radical (unpaired) electrons. The molecule has 0 aliphatic rings. The van der Waals surface area contributed by atoms with E-state index in [0.717, 1.165) is 35.9 Å². The third kappa shape index (κ3) is 4.44. The molecule has 2 aromatic rings. The van der Waals surface area contributed by atoms with Gasteiger partial charge in [0.15, 0.2) is 0 Å².